The van der Waals surface area contributed by atoms with E-state index in [-0.39, 0.29) is 77.4 Å². The summed E-state index contributed by atoms with van der Waals surface area (Å²) < 4.78 is 69.5. The molecule has 7 heterocycles. The second-order valence-corrected chi connectivity index (χ2v) is 33.4. The van der Waals surface area contributed by atoms with E-state index in [1.165, 1.54) is 44.5 Å². The fourth-order valence-electron chi connectivity index (χ4n) is 13.6. The van der Waals surface area contributed by atoms with Crippen LogP contribution in [0.5, 0.6) is 0 Å². The second-order valence-electron chi connectivity index (χ2n) is 27.6. The maximum absolute atomic E-state index is 14.6. The zero-order chi connectivity index (χ0) is 84.1. The van der Waals surface area contributed by atoms with Crippen molar-refractivity contribution in [3.63, 3.8) is 0 Å². The molecule has 6 aromatic rings. The van der Waals surface area contributed by atoms with E-state index in [9.17, 15) is 98.5 Å². The Morgan fingerprint density at radius 3 is 1.87 bits per heavy atom. The first-order valence-electron chi connectivity index (χ1n) is 36.2. The predicted octanol–water partition coefficient (Wildman–Crippen LogP) is 2.65. The summed E-state index contributed by atoms with van der Waals surface area (Å²) in [7, 11) is -6.09. The first-order valence-corrected chi connectivity index (χ1v) is 41.9. The monoisotopic (exact) mass is 1670 g/mol. The molecule has 7 amide bonds. The van der Waals surface area contributed by atoms with Gasteiger partial charge in [-0.25, -0.2) is 19.6 Å². The average molecular weight is 1670 g/mol. The molecule has 0 saturated carbocycles. The van der Waals surface area contributed by atoms with E-state index >= 15 is 0 Å². The molecule has 115 heavy (non-hydrogen) atoms. The van der Waals surface area contributed by atoms with Gasteiger partial charge in [-0.05, 0) is 100 Å². The van der Waals surface area contributed by atoms with Crippen LogP contribution in [0.2, 0.25) is 0 Å². The molecular formula is C72H87N17O22S4. The molecule has 1 aliphatic carbocycles. The molecule has 1 unspecified atom stereocenters. The third-order valence-corrected chi connectivity index (χ3v) is 23.4. The number of carboxylic acids is 2. The summed E-state index contributed by atoms with van der Waals surface area (Å²) in [6.07, 6.45) is -0.841. The number of nitrogens with two attached hydrogens (primary N) is 1. The Bertz CT molecular complexity index is 5330. The van der Waals surface area contributed by atoms with E-state index in [4.69, 9.17) is 20.4 Å². The summed E-state index contributed by atoms with van der Waals surface area (Å²) in [4.78, 5) is 206. The summed E-state index contributed by atoms with van der Waals surface area (Å²) in [5.74, 6) is -16.7. The Hall–Kier alpha value is -11.3. The Balaban J connectivity index is 0.826. The van der Waals surface area contributed by atoms with Crippen LogP contribution in [-0.4, -0.2) is 221 Å². The summed E-state index contributed by atoms with van der Waals surface area (Å²) in [5.41, 5.74) is 13.0. The highest BCUT2D eigenvalue weighted by Crippen LogP contribution is 2.49. The van der Waals surface area contributed by atoms with Crippen molar-refractivity contribution >= 4 is 158 Å². The minimum Gasteiger partial charge on any atom is -0.480 e. The minimum absolute atomic E-state index is 0.000520. The van der Waals surface area contributed by atoms with Crippen LogP contribution in [0.3, 0.4) is 0 Å². The van der Waals surface area contributed by atoms with Gasteiger partial charge in [0.25, 0.3) is 31.7 Å². The molecule has 17 N–H and O–H groups in total. The molecular weight excluding hydrogens is 1580 g/mol. The number of carbonyl (C=O) groups is 12. The number of hydrogen-bond donors (Lipinski definition) is 16. The Labute approximate surface area is 664 Å². The van der Waals surface area contributed by atoms with Crippen LogP contribution in [0.1, 0.15) is 185 Å². The fraction of sp³-hybridized carbons (Fsp3) is 0.444. The molecule has 0 saturated heterocycles. The number of nitrogen functional groups attached to an aromatic ring is 1. The number of nitrogens with zero attached hydrogens (tertiary/aromatic N) is 5. The van der Waals surface area contributed by atoms with Gasteiger partial charge in [0.05, 0.1) is 66.6 Å². The topological polar surface area (TPSA) is 614 Å². The number of aliphatic carboxylic acids is 2. The van der Waals surface area contributed by atoms with Crippen LogP contribution in [0.25, 0.3) is 33.2 Å². The molecule has 0 fully saturated rings. The summed E-state index contributed by atoms with van der Waals surface area (Å²) in [6, 6.07) is 3.57. The van der Waals surface area contributed by atoms with Crippen LogP contribution < -0.4 is 53.8 Å². The smallest absolute Gasteiger partial charge is 0.327 e. The molecule has 43 heteroatoms. The molecule has 1 aromatic carbocycles. The number of carbonyl (C=O) groups excluding carboxylic acids is 10. The van der Waals surface area contributed by atoms with E-state index in [0.717, 1.165) is 39.4 Å². The number of hydrogen-bond acceptors (Lipinski definition) is 27. The standard InChI is InChI=1S/C72H87N17O22S4/c1-8-40-32(2)43-26-48-56(36(6)90)34(4)45(81-48)24-44-33(3)41(60(83-44)58-59(71(104)111-7)63(95)57-35(5)46(84-61(57)58)25-47(40)80-43)10-9-11-52(91)74-18-21-112-113-31-51(70(102)103)87-67(98)50(28-55(94)76-20-23-115(108,109)110)86-66(97)49(27-54(93)75-19-22-114(105,106)107)82-53(92)17-16-42(69(100)101)85-65(96)37-12-14-38(15-13-37)77-29-39-30-78-64-62(79-39)68(99)89-72(73)88-64/h12-15,24-26,30,32-33,40-42,49-51,59,77,81,84H,8-11,16-23,27-29,31H2,1-7H3,(H,74,91)(H,75,93)(H,76,94)(H,82,92)(H,85,96)(H,86,97)(H,87,98)(H,100,101)(H,102,103)(H,105,106,107)(H,108,109,110)(H3,73,78,88,89,99)/t32-,33+,40-,41+,42+,49+,50+,51+,59?/m1/s1. The van der Waals surface area contributed by atoms with Crippen LogP contribution in [0.15, 0.2) is 53.5 Å². The second kappa shape index (κ2) is 38.2. The van der Waals surface area contributed by atoms with Gasteiger partial charge in [-0.3, -0.25) is 76.8 Å². The summed E-state index contributed by atoms with van der Waals surface area (Å²) >= 11 is 0. The number of aromatic nitrogens is 8. The van der Waals surface area contributed by atoms with Gasteiger partial charge >= 0.3 is 17.9 Å². The number of fused-ring (bicyclic) bond motifs is 9. The molecule has 2 aliphatic heterocycles. The lowest BCUT2D eigenvalue weighted by atomic mass is 9.83. The number of nitrogens with one attached hydrogen (secondary N) is 11. The van der Waals surface area contributed by atoms with Crippen LogP contribution in [0, 0.1) is 13.8 Å². The number of anilines is 2. The first kappa shape index (κ1) is 87.7. The number of esters is 1. The number of aryl methyl sites for hydroxylation is 2. The highest BCUT2D eigenvalue weighted by molar-refractivity contribution is 8.76. The molecule has 39 nitrogen and oxygen atoms in total. The van der Waals surface area contributed by atoms with Crippen molar-refractivity contribution in [3.8, 4) is 0 Å². The number of H-pyrrole nitrogens is 3. The van der Waals surface area contributed by atoms with Gasteiger partial charge in [-0.2, -0.15) is 21.8 Å². The van der Waals surface area contributed by atoms with Crippen LogP contribution >= 0.6 is 21.6 Å². The van der Waals surface area contributed by atoms with Gasteiger partial charge in [0, 0.05) is 124 Å². The number of aromatic amines is 3. The van der Waals surface area contributed by atoms with E-state index in [2.05, 4.69) is 86.3 Å². The Morgan fingerprint density at radius 1 is 0.661 bits per heavy atom. The molecule has 9 rings (SSSR count). The number of Topliss-reactive ketones (excluding diaryl/α,β-unsaturated/α-hetero) is 2. The number of carboxylic acid groups (broad SMARTS) is 2. The number of benzene rings is 1. The number of amides is 7. The normalized spacial score (nSPS) is 16.8. The van der Waals surface area contributed by atoms with Gasteiger partial charge in [0.2, 0.25) is 41.4 Å². The zero-order valence-corrected chi connectivity index (χ0v) is 66.5. The molecule has 0 radical (unpaired) electrons. The molecule has 5 aromatic heterocycles. The lowest BCUT2D eigenvalue weighted by molar-refractivity contribution is -0.142. The van der Waals surface area contributed by atoms with E-state index in [1.54, 1.807) is 6.92 Å². The Kier molecular flexibility index (Phi) is 29.2. The van der Waals surface area contributed by atoms with Crippen molar-refractivity contribution in [2.24, 2.45) is 0 Å². The van der Waals surface area contributed by atoms with Crippen LogP contribution in [-0.2, 0) is 74.7 Å². The third kappa shape index (κ3) is 22.6. The van der Waals surface area contributed by atoms with Crippen molar-refractivity contribution in [1.82, 2.24) is 77.1 Å². The number of rotatable bonds is 38. The largest absolute Gasteiger partial charge is 0.480 e. The maximum atomic E-state index is 14.6. The molecule has 0 spiro atoms. The zero-order valence-electron chi connectivity index (χ0n) is 63.2. The van der Waals surface area contributed by atoms with Gasteiger partial charge in [-0.15, -0.1) is 0 Å². The molecule has 3 aliphatic rings. The summed E-state index contributed by atoms with van der Waals surface area (Å²) in [5, 5.41) is 39.3. The van der Waals surface area contributed by atoms with Crippen molar-refractivity contribution in [2.75, 3.05) is 60.8 Å². The molecule has 8 bridgehead atoms. The molecule has 616 valence electrons. The first-order chi connectivity index (χ1) is 54.3. The van der Waals surface area contributed by atoms with E-state index in [0.29, 0.717) is 85.5 Å². The minimum atomic E-state index is -4.66. The highest BCUT2D eigenvalue weighted by Gasteiger charge is 2.46. The lowest BCUT2D eigenvalue weighted by Crippen LogP contribution is -2.57. The van der Waals surface area contributed by atoms with E-state index < -0.39 is 177 Å². The highest BCUT2D eigenvalue weighted by atomic mass is 33.1. The van der Waals surface area contributed by atoms with Gasteiger partial charge in [-0.1, -0.05) is 42.4 Å². The van der Waals surface area contributed by atoms with Gasteiger partial charge in [0.15, 0.2) is 22.7 Å². The Morgan fingerprint density at radius 2 is 1.25 bits per heavy atom. The lowest BCUT2D eigenvalue weighted by Gasteiger charge is -2.24. The number of ether oxygens (including phenoxy) is 1. The van der Waals surface area contributed by atoms with Gasteiger partial charge in [0.1, 0.15) is 30.1 Å². The predicted molar refractivity (Wildman–Crippen MR) is 420 cm³/mol. The SMILES string of the molecule is CC[C@H]1c2cc3[nH]c4c(c3C)C(=O)C(C(=O)OC)c4c3nc(cc4[nH]c(cc(n2)[C@@H]1C)c(C(C)=O)c4C)[C@@H](C)[C@@H]3CCCC(=O)NCCSSC[C@H](NC(=O)[C@H](CC(=O)NCCS(=O)(=O)O)NC(=O)[C@H](CC(=O)NCCS(=O)(=O)O)NC(=O)CC[C@H](NC(=O)c1ccc(NCc2cnc3nc(N)[nH]c(=O)c3n2)cc1)C(=O)O)C(=O)O. The summed E-state index contributed by atoms with van der Waals surface area (Å²) in [6.45, 7) is 9.91. The van der Waals surface area contributed by atoms with Crippen molar-refractivity contribution in [2.45, 2.75) is 153 Å². The van der Waals surface area contributed by atoms with Crippen molar-refractivity contribution < 1.29 is 98.4 Å². The van der Waals surface area contributed by atoms with Crippen molar-refractivity contribution in [3.05, 3.63) is 121 Å². The number of methoxy groups -OCH3 is 1. The third-order valence-electron chi connectivity index (χ3n) is 19.6. The fourth-order valence-corrected chi connectivity index (χ4v) is 16.4. The average Bonchev–Trinajstić information content (AvgIpc) is 1.56. The van der Waals surface area contributed by atoms with Crippen LogP contribution in [0.4, 0.5) is 11.6 Å². The maximum Gasteiger partial charge on any atom is 0.327 e. The van der Waals surface area contributed by atoms with Gasteiger partial charge < -0.3 is 73.2 Å². The number of ketones is 2. The quantitative estimate of drug-likeness (QED) is 0.00661. The molecule has 9 atom stereocenters. The van der Waals surface area contributed by atoms with E-state index in [1.807, 2.05) is 32.0 Å². The van der Waals surface area contributed by atoms with Crippen molar-refractivity contribution in [1.29, 1.82) is 0 Å².